The molecule has 0 aliphatic heterocycles. The van der Waals surface area contributed by atoms with E-state index in [2.05, 4.69) is 6.58 Å². The van der Waals surface area contributed by atoms with E-state index in [1.165, 1.54) is 38.5 Å². The van der Waals surface area contributed by atoms with Gasteiger partial charge >= 0.3 is 110 Å². The number of rotatable bonds is 10. The molecule has 0 aromatic heterocycles. The van der Waals surface area contributed by atoms with Crippen LogP contribution in [0.1, 0.15) is 51.4 Å². The van der Waals surface area contributed by atoms with Crippen molar-refractivity contribution in [2.45, 2.75) is 55.8 Å². The molecule has 0 bridgehead atoms. The maximum absolute atomic E-state index is 5.86. The molecule has 0 unspecified atom stereocenters. The Kier molecular flexibility index (Phi) is 11.5. The summed E-state index contributed by atoms with van der Waals surface area (Å²) in [6.45, 7) is 3.71. The Hall–Kier alpha value is 1.41. The van der Waals surface area contributed by atoms with E-state index in [0.717, 1.165) is 17.3 Å². The van der Waals surface area contributed by atoms with E-state index in [9.17, 15) is 0 Å². The number of hydrogen-bond donors (Lipinski definition) is 0. The molecule has 0 aromatic carbocycles. The Balaban J connectivity index is 3.02. The Bertz CT molecular complexity index is 154. The number of unbranched alkanes of at least 4 members (excludes halogenated alkanes) is 7. The van der Waals surface area contributed by atoms with Gasteiger partial charge in [0.1, 0.15) is 0 Å². The Morgan fingerprint density at radius 2 is 1.27 bits per heavy atom. The molecular weight excluding hydrogens is 357 g/mol. The van der Waals surface area contributed by atoms with Gasteiger partial charge in [-0.15, -0.1) is 0 Å². The van der Waals surface area contributed by atoms with Gasteiger partial charge in [0.05, 0.1) is 0 Å². The predicted molar refractivity (Wildman–Crippen MR) is 75.3 cm³/mol. The maximum atomic E-state index is 5.86. The second-order valence-electron chi connectivity index (χ2n) is 3.92. The molecule has 0 N–H and O–H groups in total. The van der Waals surface area contributed by atoms with Crippen molar-refractivity contribution in [3.63, 3.8) is 0 Å². The van der Waals surface area contributed by atoms with Crippen LogP contribution in [0.15, 0.2) is 12.7 Å². The van der Waals surface area contributed by atoms with E-state index in [1.54, 1.807) is 0 Å². The molecule has 90 valence electrons. The quantitative estimate of drug-likeness (QED) is 0.250. The van der Waals surface area contributed by atoms with Gasteiger partial charge in [0, 0.05) is 0 Å². The molecule has 0 atom stereocenters. The minimum absolute atomic E-state index is 0.885. The Labute approximate surface area is 109 Å². The summed E-state index contributed by atoms with van der Waals surface area (Å²) in [7, 11) is 17.6. The van der Waals surface area contributed by atoms with Crippen LogP contribution in [0.3, 0.4) is 0 Å². The van der Waals surface area contributed by atoms with Crippen molar-refractivity contribution in [2.24, 2.45) is 0 Å². The number of halogens is 3. The average molecular weight is 378 g/mol. The summed E-state index contributed by atoms with van der Waals surface area (Å²) in [4.78, 5) is 0. The van der Waals surface area contributed by atoms with Crippen molar-refractivity contribution in [1.29, 1.82) is 0 Å². The van der Waals surface area contributed by atoms with Crippen LogP contribution >= 0.6 is 26.8 Å². The van der Waals surface area contributed by atoms with Gasteiger partial charge in [-0.25, -0.2) is 0 Å². The molecule has 0 rings (SSSR count). The van der Waals surface area contributed by atoms with Gasteiger partial charge in [-0.3, -0.25) is 0 Å². The zero-order valence-electron chi connectivity index (χ0n) is 9.28. The van der Waals surface area contributed by atoms with Gasteiger partial charge in [-0.05, 0) is 0 Å². The normalized spacial score (nSPS) is 11.7. The molecule has 0 spiro atoms. The summed E-state index contributed by atoms with van der Waals surface area (Å²) in [5, 5.41) is 0. The summed E-state index contributed by atoms with van der Waals surface area (Å²) in [6.07, 6.45) is 12.1. The Morgan fingerprint density at radius 3 is 1.73 bits per heavy atom. The average Bonchev–Trinajstić information content (AvgIpc) is 2.14. The molecule has 0 amide bonds. The van der Waals surface area contributed by atoms with Crippen LogP contribution in [-0.4, -0.2) is 15.0 Å². The molecule has 0 saturated carbocycles. The van der Waals surface area contributed by atoms with Crippen LogP contribution in [0.25, 0.3) is 0 Å². The SMILES string of the molecule is C=CCCCCCCCC[CH2][Sn]([Cl])([Cl])[Cl]. The van der Waals surface area contributed by atoms with Crippen LogP contribution in [0.5, 0.6) is 0 Å². The molecule has 0 aromatic rings. The third-order valence-corrected chi connectivity index (χ3v) is 8.80. The van der Waals surface area contributed by atoms with Crippen LogP contribution in [0.4, 0.5) is 0 Å². The second kappa shape index (κ2) is 10.6. The summed E-state index contributed by atoms with van der Waals surface area (Å²) in [5.41, 5.74) is 0. The third-order valence-electron chi connectivity index (χ3n) is 2.37. The van der Waals surface area contributed by atoms with Gasteiger partial charge in [0.15, 0.2) is 0 Å². The topological polar surface area (TPSA) is 0 Å². The summed E-state index contributed by atoms with van der Waals surface area (Å²) < 4.78 is 0.885. The van der Waals surface area contributed by atoms with E-state index in [-0.39, 0.29) is 0 Å². The van der Waals surface area contributed by atoms with E-state index in [0.29, 0.717) is 0 Å². The van der Waals surface area contributed by atoms with Gasteiger partial charge in [0.25, 0.3) is 0 Å². The van der Waals surface area contributed by atoms with Crippen molar-refractivity contribution < 1.29 is 0 Å². The summed E-state index contributed by atoms with van der Waals surface area (Å²) in [5.74, 6) is 0. The first-order valence-electron chi connectivity index (χ1n) is 5.74. The van der Waals surface area contributed by atoms with Gasteiger partial charge in [0.2, 0.25) is 0 Å². The van der Waals surface area contributed by atoms with E-state index >= 15 is 0 Å². The zero-order valence-corrected chi connectivity index (χ0v) is 14.4. The van der Waals surface area contributed by atoms with Gasteiger partial charge in [-0.1, -0.05) is 0 Å². The molecule has 0 aliphatic carbocycles. The fourth-order valence-corrected chi connectivity index (χ4v) is 6.04. The van der Waals surface area contributed by atoms with E-state index in [1.807, 2.05) is 6.08 Å². The van der Waals surface area contributed by atoms with Gasteiger partial charge < -0.3 is 0 Å². The van der Waals surface area contributed by atoms with Crippen LogP contribution in [-0.2, 0) is 0 Å². The first kappa shape index (κ1) is 16.4. The first-order chi connectivity index (χ1) is 7.06. The second-order valence-corrected chi connectivity index (χ2v) is 25.7. The molecule has 4 heteroatoms. The van der Waals surface area contributed by atoms with E-state index in [4.69, 9.17) is 26.8 Å². The van der Waals surface area contributed by atoms with Crippen molar-refractivity contribution in [3.8, 4) is 0 Å². The summed E-state index contributed by atoms with van der Waals surface area (Å²) >= 11 is -3.00. The van der Waals surface area contributed by atoms with Crippen LogP contribution in [0, 0.1) is 0 Å². The number of allylic oxidation sites excluding steroid dienone is 1. The van der Waals surface area contributed by atoms with E-state index < -0.39 is 15.0 Å². The summed E-state index contributed by atoms with van der Waals surface area (Å²) in [6, 6.07) is 0. The molecule has 0 saturated heterocycles. The monoisotopic (exact) mass is 378 g/mol. The molecule has 0 heterocycles. The molecule has 15 heavy (non-hydrogen) atoms. The van der Waals surface area contributed by atoms with Crippen LogP contribution < -0.4 is 0 Å². The predicted octanol–water partition coefficient (Wildman–Crippen LogP) is 5.95. The van der Waals surface area contributed by atoms with Crippen molar-refractivity contribution in [2.75, 3.05) is 0 Å². The zero-order chi connectivity index (χ0) is 11.6. The third kappa shape index (κ3) is 15.4. The van der Waals surface area contributed by atoms with Crippen LogP contribution in [0.2, 0.25) is 4.44 Å². The van der Waals surface area contributed by atoms with Gasteiger partial charge in [-0.2, -0.15) is 0 Å². The molecule has 0 aliphatic rings. The van der Waals surface area contributed by atoms with Crippen molar-refractivity contribution in [1.82, 2.24) is 0 Å². The fraction of sp³-hybridized carbons (Fsp3) is 0.818. The minimum atomic E-state index is -3.00. The number of hydrogen-bond acceptors (Lipinski definition) is 0. The standard InChI is InChI=1S/C11H21.3ClH.Sn/c1-3-5-7-9-11-10-8-6-4-2;;;;/h3H,1-2,4-11H2;3*1H;/q;;;;+3/p-3. The fourth-order valence-electron chi connectivity index (χ4n) is 1.50. The molecule has 0 nitrogen and oxygen atoms in total. The molecule has 0 radical (unpaired) electrons. The molecule has 0 fully saturated rings. The first-order valence-corrected chi connectivity index (χ1v) is 18.6. The molecular formula is C11H21Cl3Sn. The Morgan fingerprint density at radius 1 is 0.800 bits per heavy atom. The van der Waals surface area contributed by atoms with Crippen molar-refractivity contribution in [3.05, 3.63) is 12.7 Å². The van der Waals surface area contributed by atoms with Crippen molar-refractivity contribution >= 4 is 41.8 Å².